The van der Waals surface area contributed by atoms with Crippen LogP contribution in [0.1, 0.15) is 70.8 Å². The van der Waals surface area contributed by atoms with Gasteiger partial charge in [-0.3, -0.25) is 4.79 Å². The van der Waals surface area contributed by atoms with Crippen molar-refractivity contribution in [1.82, 2.24) is 0 Å². The van der Waals surface area contributed by atoms with Gasteiger partial charge in [0.05, 0.1) is 0 Å². The monoisotopic (exact) mass is 388 g/mol. The third-order valence-electron chi connectivity index (χ3n) is 9.30. The van der Waals surface area contributed by atoms with E-state index in [2.05, 4.69) is 25.7 Å². The Morgan fingerprint density at radius 3 is 2.52 bits per heavy atom. The molecule has 29 heavy (non-hydrogen) atoms. The van der Waals surface area contributed by atoms with Gasteiger partial charge >= 0.3 is 0 Å². The number of ketones is 1. The van der Waals surface area contributed by atoms with Gasteiger partial charge in [0.1, 0.15) is 5.60 Å². The SMILES string of the molecule is C[C@]12CCC(=O)C=C1CC[C@@H]1[C@H]3CC[C@@](O)(C#Cc4ccccc4)[C@]3(C)CC[C@@H]12. The summed E-state index contributed by atoms with van der Waals surface area (Å²) in [6, 6.07) is 10.0. The summed E-state index contributed by atoms with van der Waals surface area (Å²) >= 11 is 0. The molecule has 152 valence electrons. The molecule has 6 atom stereocenters. The van der Waals surface area contributed by atoms with Crippen LogP contribution in [-0.2, 0) is 4.79 Å². The molecule has 0 aromatic heterocycles. The molecule has 3 fully saturated rings. The van der Waals surface area contributed by atoms with Crippen LogP contribution in [0, 0.1) is 40.4 Å². The highest BCUT2D eigenvalue weighted by atomic mass is 16.3. The van der Waals surface area contributed by atoms with E-state index in [1.165, 1.54) is 12.0 Å². The van der Waals surface area contributed by atoms with Crippen molar-refractivity contribution in [3.8, 4) is 11.8 Å². The number of aliphatic hydroxyl groups is 1. The molecule has 4 aliphatic carbocycles. The van der Waals surface area contributed by atoms with Gasteiger partial charge < -0.3 is 5.11 Å². The zero-order valence-corrected chi connectivity index (χ0v) is 17.7. The second-order valence-electron chi connectivity index (χ2n) is 10.4. The average Bonchev–Trinajstić information content (AvgIpc) is 2.99. The van der Waals surface area contributed by atoms with E-state index in [0.717, 1.165) is 44.1 Å². The summed E-state index contributed by atoms with van der Waals surface area (Å²) in [6.45, 7) is 4.72. The smallest absolute Gasteiger partial charge is 0.155 e. The fourth-order valence-electron chi connectivity index (χ4n) is 7.48. The van der Waals surface area contributed by atoms with E-state index in [4.69, 9.17) is 0 Å². The summed E-state index contributed by atoms with van der Waals surface area (Å²) in [5, 5.41) is 11.7. The van der Waals surface area contributed by atoms with Gasteiger partial charge in [0.25, 0.3) is 0 Å². The molecule has 5 rings (SSSR count). The summed E-state index contributed by atoms with van der Waals surface area (Å²) in [7, 11) is 0. The number of rotatable bonds is 0. The lowest BCUT2D eigenvalue weighted by atomic mass is 9.46. The van der Waals surface area contributed by atoms with E-state index in [9.17, 15) is 9.90 Å². The molecule has 0 saturated heterocycles. The van der Waals surface area contributed by atoms with Crippen molar-refractivity contribution in [2.24, 2.45) is 28.6 Å². The maximum absolute atomic E-state index is 12.0. The van der Waals surface area contributed by atoms with Gasteiger partial charge in [-0.25, -0.2) is 0 Å². The summed E-state index contributed by atoms with van der Waals surface area (Å²) in [4.78, 5) is 12.0. The fourth-order valence-corrected chi connectivity index (χ4v) is 7.48. The molecule has 2 heteroatoms. The zero-order chi connectivity index (χ0) is 20.3. The predicted molar refractivity (Wildman–Crippen MR) is 115 cm³/mol. The number of hydrogen-bond donors (Lipinski definition) is 1. The van der Waals surface area contributed by atoms with Crippen molar-refractivity contribution in [2.75, 3.05) is 0 Å². The molecule has 4 aliphatic rings. The average molecular weight is 389 g/mol. The quantitative estimate of drug-likeness (QED) is 0.612. The van der Waals surface area contributed by atoms with Gasteiger partial charge in [0.2, 0.25) is 0 Å². The fraction of sp³-hybridized carbons (Fsp3) is 0.593. The summed E-state index contributed by atoms with van der Waals surface area (Å²) in [5.41, 5.74) is 1.56. The third kappa shape index (κ3) is 2.77. The van der Waals surface area contributed by atoms with Crippen molar-refractivity contribution in [3.63, 3.8) is 0 Å². The second kappa shape index (κ2) is 6.58. The Bertz CT molecular complexity index is 919. The van der Waals surface area contributed by atoms with Crippen molar-refractivity contribution < 1.29 is 9.90 Å². The van der Waals surface area contributed by atoms with Crippen LogP contribution in [0.15, 0.2) is 42.0 Å². The van der Waals surface area contributed by atoms with Crippen LogP contribution in [0.2, 0.25) is 0 Å². The van der Waals surface area contributed by atoms with Crippen LogP contribution < -0.4 is 0 Å². The van der Waals surface area contributed by atoms with E-state index >= 15 is 0 Å². The normalized spacial score (nSPS) is 43.3. The van der Waals surface area contributed by atoms with Crippen molar-refractivity contribution in [2.45, 2.75) is 70.8 Å². The number of fused-ring (bicyclic) bond motifs is 5. The van der Waals surface area contributed by atoms with Gasteiger partial charge in [0.15, 0.2) is 5.78 Å². The van der Waals surface area contributed by atoms with Crippen molar-refractivity contribution in [1.29, 1.82) is 0 Å². The molecule has 1 aromatic carbocycles. The van der Waals surface area contributed by atoms with Crippen LogP contribution in [0.3, 0.4) is 0 Å². The van der Waals surface area contributed by atoms with Crippen LogP contribution in [-0.4, -0.2) is 16.5 Å². The highest BCUT2D eigenvalue weighted by molar-refractivity contribution is 5.91. The minimum atomic E-state index is -0.891. The highest BCUT2D eigenvalue weighted by Gasteiger charge is 2.63. The summed E-state index contributed by atoms with van der Waals surface area (Å²) in [5.74, 6) is 8.76. The maximum atomic E-state index is 12.0. The first-order valence-corrected chi connectivity index (χ1v) is 11.4. The molecule has 0 bridgehead atoms. The summed E-state index contributed by atoms with van der Waals surface area (Å²) in [6.07, 6.45) is 9.97. The molecule has 0 amide bonds. The lowest BCUT2D eigenvalue weighted by molar-refractivity contribution is -0.119. The first-order chi connectivity index (χ1) is 13.9. The Kier molecular flexibility index (Phi) is 4.34. The highest BCUT2D eigenvalue weighted by Crippen LogP contribution is 2.67. The molecule has 1 N–H and O–H groups in total. The van der Waals surface area contributed by atoms with Crippen LogP contribution in [0.4, 0.5) is 0 Å². The molecule has 1 aromatic rings. The Morgan fingerprint density at radius 2 is 1.72 bits per heavy atom. The number of carbonyl (C=O) groups excluding carboxylic acids is 1. The number of carbonyl (C=O) groups is 1. The van der Waals surface area contributed by atoms with Gasteiger partial charge in [-0.15, -0.1) is 0 Å². The molecular formula is C27H32O2. The minimum Gasteiger partial charge on any atom is -0.377 e. The standard InChI is InChI=1S/C27H32O2/c1-25-14-11-21(28)18-20(25)8-9-22-23(25)12-15-26(2)24(22)13-17-27(26,29)16-10-19-6-4-3-5-7-19/h3-7,18,22-24,29H,8-9,11-15,17H2,1-2H3/t22-,23-,24+,25-,26+,27-/m0/s1. The molecule has 0 aliphatic heterocycles. The van der Waals surface area contributed by atoms with E-state index in [1.54, 1.807) is 0 Å². The molecule has 0 radical (unpaired) electrons. The Balaban J connectivity index is 1.45. The number of allylic oxidation sites excluding steroid dienone is 1. The Hall–Kier alpha value is -1.85. The first kappa shape index (κ1) is 19.1. The van der Waals surface area contributed by atoms with Gasteiger partial charge in [0, 0.05) is 17.4 Å². The molecule has 3 saturated carbocycles. The van der Waals surface area contributed by atoms with Crippen LogP contribution in [0.25, 0.3) is 0 Å². The number of benzene rings is 1. The molecular weight excluding hydrogens is 356 g/mol. The van der Waals surface area contributed by atoms with E-state index in [1.807, 2.05) is 36.4 Å². The first-order valence-electron chi connectivity index (χ1n) is 11.4. The largest absolute Gasteiger partial charge is 0.377 e. The van der Waals surface area contributed by atoms with E-state index in [0.29, 0.717) is 30.0 Å². The molecule has 0 heterocycles. The zero-order valence-electron chi connectivity index (χ0n) is 17.7. The second-order valence-corrected chi connectivity index (χ2v) is 10.4. The lowest BCUT2D eigenvalue weighted by Crippen LogP contribution is -2.54. The predicted octanol–water partition coefficient (Wildman–Crippen LogP) is 5.30. The maximum Gasteiger partial charge on any atom is 0.155 e. The molecule has 0 unspecified atom stereocenters. The van der Waals surface area contributed by atoms with E-state index < -0.39 is 5.60 Å². The van der Waals surface area contributed by atoms with Crippen molar-refractivity contribution in [3.05, 3.63) is 47.5 Å². The minimum absolute atomic E-state index is 0.127. The molecule has 0 spiro atoms. The van der Waals surface area contributed by atoms with E-state index in [-0.39, 0.29) is 10.8 Å². The van der Waals surface area contributed by atoms with Crippen LogP contribution in [0.5, 0.6) is 0 Å². The Labute approximate surface area is 174 Å². The van der Waals surface area contributed by atoms with Gasteiger partial charge in [-0.1, -0.05) is 49.5 Å². The number of hydrogen-bond acceptors (Lipinski definition) is 2. The Morgan fingerprint density at radius 1 is 0.966 bits per heavy atom. The van der Waals surface area contributed by atoms with Crippen LogP contribution >= 0.6 is 0 Å². The molecule has 2 nitrogen and oxygen atoms in total. The summed E-state index contributed by atoms with van der Waals surface area (Å²) < 4.78 is 0. The van der Waals surface area contributed by atoms with Gasteiger partial charge in [-0.05, 0) is 86.3 Å². The van der Waals surface area contributed by atoms with Crippen molar-refractivity contribution >= 4 is 5.78 Å². The third-order valence-corrected chi connectivity index (χ3v) is 9.30. The lowest BCUT2D eigenvalue weighted by Gasteiger charge is -2.58. The topological polar surface area (TPSA) is 37.3 Å². The van der Waals surface area contributed by atoms with Gasteiger partial charge in [-0.2, -0.15) is 0 Å².